The van der Waals surface area contributed by atoms with Crippen molar-refractivity contribution in [1.82, 2.24) is 4.98 Å². The number of fused-ring (bicyclic) bond motifs is 1. The van der Waals surface area contributed by atoms with E-state index in [9.17, 15) is 0 Å². The van der Waals surface area contributed by atoms with Crippen LogP contribution in [0.2, 0.25) is 0 Å². The minimum Gasteiger partial charge on any atom is -0.362 e. The zero-order chi connectivity index (χ0) is 14.7. The lowest BCUT2D eigenvalue weighted by Crippen LogP contribution is -2.21. The molecular weight excluding hydrogens is 258 g/mol. The highest BCUT2D eigenvalue weighted by molar-refractivity contribution is 5.81. The van der Waals surface area contributed by atoms with Crippen LogP contribution in [0.15, 0.2) is 60.7 Å². The lowest BCUT2D eigenvalue weighted by atomic mass is 10.1. The maximum absolute atomic E-state index is 5.93. The Morgan fingerprint density at radius 2 is 1.76 bits per heavy atom. The molecule has 0 aliphatic rings. The summed E-state index contributed by atoms with van der Waals surface area (Å²) in [5.74, 6) is 0.896. The highest BCUT2D eigenvalue weighted by Crippen LogP contribution is 2.23. The Labute approximate surface area is 124 Å². The summed E-state index contributed by atoms with van der Waals surface area (Å²) in [7, 11) is 0. The SMILES string of the molecule is Cc1cc2ccccc2nc1NC(CN)c1ccccc1. The molecule has 0 amide bonds. The van der Waals surface area contributed by atoms with Crippen LogP contribution in [0.1, 0.15) is 17.2 Å². The third-order valence-corrected chi connectivity index (χ3v) is 3.66. The van der Waals surface area contributed by atoms with Gasteiger partial charge in [0.25, 0.3) is 0 Å². The summed E-state index contributed by atoms with van der Waals surface area (Å²) in [6, 6.07) is 20.6. The van der Waals surface area contributed by atoms with Crippen LogP contribution in [0.25, 0.3) is 10.9 Å². The number of hydrogen-bond donors (Lipinski definition) is 2. The third kappa shape index (κ3) is 2.88. The van der Waals surface area contributed by atoms with Gasteiger partial charge in [-0.05, 0) is 30.2 Å². The molecule has 1 unspecified atom stereocenters. The van der Waals surface area contributed by atoms with Gasteiger partial charge >= 0.3 is 0 Å². The number of hydrogen-bond acceptors (Lipinski definition) is 3. The molecule has 21 heavy (non-hydrogen) atoms. The molecule has 0 saturated heterocycles. The van der Waals surface area contributed by atoms with Crippen molar-refractivity contribution in [3.8, 4) is 0 Å². The monoisotopic (exact) mass is 277 g/mol. The van der Waals surface area contributed by atoms with Gasteiger partial charge in [0.05, 0.1) is 11.6 Å². The standard InChI is InChI=1S/C18H19N3/c1-13-11-15-9-5-6-10-16(15)20-18(13)21-17(12-19)14-7-3-2-4-8-14/h2-11,17H,12,19H2,1H3,(H,20,21). The van der Waals surface area contributed by atoms with Crippen molar-refractivity contribution in [2.75, 3.05) is 11.9 Å². The molecule has 3 rings (SSSR count). The number of nitrogens with one attached hydrogen (secondary N) is 1. The predicted molar refractivity (Wildman–Crippen MR) is 88.3 cm³/mol. The highest BCUT2D eigenvalue weighted by Gasteiger charge is 2.11. The largest absolute Gasteiger partial charge is 0.362 e. The van der Waals surface area contributed by atoms with Gasteiger partial charge in [-0.3, -0.25) is 0 Å². The number of para-hydroxylation sites is 1. The Hall–Kier alpha value is -2.39. The van der Waals surface area contributed by atoms with Crippen LogP contribution in [0.5, 0.6) is 0 Å². The van der Waals surface area contributed by atoms with E-state index in [0.29, 0.717) is 6.54 Å². The molecular formula is C18H19N3. The highest BCUT2D eigenvalue weighted by atomic mass is 15.0. The van der Waals surface area contributed by atoms with E-state index in [-0.39, 0.29) is 6.04 Å². The minimum absolute atomic E-state index is 0.0681. The molecule has 3 heteroatoms. The lowest BCUT2D eigenvalue weighted by molar-refractivity contribution is 0.784. The van der Waals surface area contributed by atoms with Crippen LogP contribution < -0.4 is 11.1 Å². The molecule has 3 N–H and O–H groups in total. The number of pyridine rings is 1. The number of aryl methyl sites for hydroxylation is 1. The third-order valence-electron chi connectivity index (χ3n) is 3.66. The van der Waals surface area contributed by atoms with Crippen LogP contribution in [0, 0.1) is 6.92 Å². The number of aromatic nitrogens is 1. The van der Waals surface area contributed by atoms with Gasteiger partial charge in [0.2, 0.25) is 0 Å². The first kappa shape index (κ1) is 13.6. The summed E-state index contributed by atoms with van der Waals surface area (Å²) in [5.41, 5.74) is 9.22. The van der Waals surface area contributed by atoms with Gasteiger partial charge in [-0.1, -0.05) is 48.5 Å². The zero-order valence-electron chi connectivity index (χ0n) is 12.1. The fraction of sp³-hybridized carbons (Fsp3) is 0.167. The van der Waals surface area contributed by atoms with E-state index < -0.39 is 0 Å². The Morgan fingerprint density at radius 1 is 1.05 bits per heavy atom. The topological polar surface area (TPSA) is 50.9 Å². The maximum atomic E-state index is 5.93. The molecule has 106 valence electrons. The molecule has 0 aliphatic heterocycles. The first-order valence-corrected chi connectivity index (χ1v) is 7.16. The van der Waals surface area contributed by atoms with Gasteiger partial charge in [0.15, 0.2) is 0 Å². The second-order valence-electron chi connectivity index (χ2n) is 5.19. The van der Waals surface area contributed by atoms with E-state index >= 15 is 0 Å². The molecule has 0 bridgehead atoms. The first-order chi connectivity index (χ1) is 10.3. The van der Waals surface area contributed by atoms with Gasteiger partial charge in [0, 0.05) is 11.9 Å². The fourth-order valence-corrected chi connectivity index (χ4v) is 2.50. The van der Waals surface area contributed by atoms with Gasteiger partial charge < -0.3 is 11.1 Å². The van der Waals surface area contributed by atoms with Crippen molar-refractivity contribution >= 4 is 16.7 Å². The normalized spacial score (nSPS) is 12.3. The Balaban J connectivity index is 1.95. The number of benzene rings is 2. The number of rotatable bonds is 4. The van der Waals surface area contributed by atoms with Gasteiger partial charge in [-0.25, -0.2) is 4.98 Å². The summed E-state index contributed by atoms with van der Waals surface area (Å²) in [6.07, 6.45) is 0. The molecule has 1 atom stereocenters. The van der Waals surface area contributed by atoms with Gasteiger partial charge in [-0.15, -0.1) is 0 Å². The van der Waals surface area contributed by atoms with Crippen LogP contribution >= 0.6 is 0 Å². The van der Waals surface area contributed by atoms with Gasteiger partial charge in [0.1, 0.15) is 5.82 Å². The minimum atomic E-state index is 0.0681. The Morgan fingerprint density at radius 3 is 2.52 bits per heavy atom. The Kier molecular flexibility index (Phi) is 3.84. The Bertz CT molecular complexity index is 738. The van der Waals surface area contributed by atoms with Crippen molar-refractivity contribution in [3.63, 3.8) is 0 Å². The van der Waals surface area contributed by atoms with E-state index in [2.05, 4.69) is 36.5 Å². The van der Waals surface area contributed by atoms with Crippen molar-refractivity contribution < 1.29 is 0 Å². The predicted octanol–water partition coefficient (Wildman–Crippen LogP) is 3.66. The second kappa shape index (κ2) is 5.94. The van der Waals surface area contributed by atoms with Crippen molar-refractivity contribution in [2.45, 2.75) is 13.0 Å². The number of nitrogens with two attached hydrogens (primary N) is 1. The summed E-state index contributed by atoms with van der Waals surface area (Å²) in [6.45, 7) is 2.60. The number of nitrogens with zero attached hydrogens (tertiary/aromatic N) is 1. The van der Waals surface area contributed by atoms with Crippen LogP contribution in [-0.4, -0.2) is 11.5 Å². The number of anilines is 1. The average molecular weight is 277 g/mol. The second-order valence-corrected chi connectivity index (χ2v) is 5.19. The summed E-state index contributed by atoms with van der Waals surface area (Å²) in [5, 5.41) is 4.63. The molecule has 0 saturated carbocycles. The maximum Gasteiger partial charge on any atom is 0.130 e. The molecule has 2 aromatic carbocycles. The molecule has 0 spiro atoms. The van der Waals surface area contributed by atoms with Gasteiger partial charge in [-0.2, -0.15) is 0 Å². The van der Waals surface area contributed by atoms with E-state index in [0.717, 1.165) is 22.3 Å². The molecule has 3 aromatic rings. The molecule has 0 aliphatic carbocycles. The fourth-order valence-electron chi connectivity index (χ4n) is 2.50. The molecule has 0 radical (unpaired) electrons. The van der Waals surface area contributed by atoms with Crippen molar-refractivity contribution in [2.24, 2.45) is 5.73 Å². The smallest absolute Gasteiger partial charge is 0.130 e. The molecule has 1 heterocycles. The zero-order valence-corrected chi connectivity index (χ0v) is 12.1. The first-order valence-electron chi connectivity index (χ1n) is 7.16. The van der Waals surface area contributed by atoms with E-state index in [1.165, 1.54) is 5.56 Å². The van der Waals surface area contributed by atoms with Crippen molar-refractivity contribution in [3.05, 3.63) is 71.8 Å². The molecule has 3 nitrogen and oxygen atoms in total. The van der Waals surface area contributed by atoms with Crippen LogP contribution in [-0.2, 0) is 0 Å². The van der Waals surface area contributed by atoms with Crippen LogP contribution in [0.3, 0.4) is 0 Å². The summed E-state index contributed by atoms with van der Waals surface area (Å²) < 4.78 is 0. The molecule has 1 aromatic heterocycles. The van der Waals surface area contributed by atoms with E-state index in [4.69, 9.17) is 10.7 Å². The molecule has 0 fully saturated rings. The summed E-state index contributed by atoms with van der Waals surface area (Å²) in [4.78, 5) is 4.72. The van der Waals surface area contributed by atoms with Crippen molar-refractivity contribution in [1.29, 1.82) is 0 Å². The quantitative estimate of drug-likeness (QED) is 0.765. The summed E-state index contributed by atoms with van der Waals surface area (Å²) >= 11 is 0. The van der Waals surface area contributed by atoms with E-state index in [1.54, 1.807) is 0 Å². The lowest BCUT2D eigenvalue weighted by Gasteiger charge is -2.19. The van der Waals surface area contributed by atoms with E-state index in [1.807, 2.05) is 36.4 Å². The van der Waals surface area contributed by atoms with Crippen LogP contribution in [0.4, 0.5) is 5.82 Å². The average Bonchev–Trinajstić information content (AvgIpc) is 2.53.